The van der Waals surface area contributed by atoms with Crippen molar-refractivity contribution >= 4 is 40.0 Å². The second-order valence-corrected chi connectivity index (χ2v) is 7.08. The number of carbonyl (C=O) groups excluding carboxylic acids is 1. The van der Waals surface area contributed by atoms with Crippen LogP contribution in [0.1, 0.15) is 24.8 Å². The molecule has 2 aromatic carbocycles. The maximum absolute atomic E-state index is 12.1. The molecule has 0 aliphatic carbocycles. The summed E-state index contributed by atoms with van der Waals surface area (Å²) in [6.07, 6.45) is 4.55. The van der Waals surface area contributed by atoms with Crippen molar-refractivity contribution in [2.45, 2.75) is 25.7 Å². The number of aryl methyl sites for hydroxylation is 1. The van der Waals surface area contributed by atoms with Gasteiger partial charge in [-0.05, 0) is 49.1 Å². The largest absolute Gasteiger partial charge is 0.336 e. The highest BCUT2D eigenvalue weighted by molar-refractivity contribution is 7.71. The summed E-state index contributed by atoms with van der Waals surface area (Å²) in [5.41, 5.74) is 3.31. The number of fused-ring (bicyclic) bond motifs is 2. The molecule has 140 valence electrons. The fourth-order valence-electron chi connectivity index (χ4n) is 3.41. The summed E-state index contributed by atoms with van der Waals surface area (Å²) >= 11 is 5.14. The van der Waals surface area contributed by atoms with E-state index in [2.05, 4.69) is 12.1 Å². The maximum atomic E-state index is 12.1. The lowest BCUT2D eigenvalue weighted by Crippen LogP contribution is -2.19. The maximum Gasteiger partial charge on any atom is 0.332 e. The van der Waals surface area contributed by atoms with Gasteiger partial charge in [0.2, 0.25) is 0 Å². The van der Waals surface area contributed by atoms with E-state index in [1.54, 1.807) is 18.3 Å². The van der Waals surface area contributed by atoms with Gasteiger partial charge in [0.1, 0.15) is 4.64 Å². The average Bonchev–Trinajstić information content (AvgIpc) is 2.72. The second kappa shape index (κ2) is 8.31. The number of unbranched alkanes of at least 4 members (excludes halogenated alkanes) is 1. The van der Waals surface area contributed by atoms with Gasteiger partial charge >= 0.3 is 5.97 Å². The summed E-state index contributed by atoms with van der Waals surface area (Å²) in [5, 5.41) is 2.36. The third kappa shape index (κ3) is 3.94. The summed E-state index contributed by atoms with van der Waals surface area (Å²) < 4.78 is 1.81. The summed E-state index contributed by atoms with van der Waals surface area (Å²) in [4.78, 5) is 22.2. The predicted molar refractivity (Wildman–Crippen MR) is 114 cm³/mol. The van der Waals surface area contributed by atoms with Gasteiger partial charge < -0.3 is 4.84 Å². The van der Waals surface area contributed by atoms with Crippen LogP contribution < -0.4 is 4.84 Å². The number of nitrogens with zero attached hydrogens (tertiary/aromatic N) is 2. The molecule has 0 atom stereocenters. The molecule has 0 N–H and O–H groups in total. The molecule has 0 unspecified atom stereocenters. The molecule has 4 nitrogen and oxygen atoms in total. The lowest BCUT2D eigenvalue weighted by atomic mass is 9.97. The van der Waals surface area contributed by atoms with Crippen molar-refractivity contribution in [2.75, 3.05) is 0 Å². The van der Waals surface area contributed by atoms with Crippen molar-refractivity contribution in [3.63, 3.8) is 0 Å². The van der Waals surface area contributed by atoms with Crippen LogP contribution in [0.3, 0.4) is 0 Å². The number of hydrogen-bond donors (Lipinski definition) is 0. The Balaban J connectivity index is 1.45. The highest BCUT2D eigenvalue weighted by Gasteiger charge is 2.10. The van der Waals surface area contributed by atoms with Crippen LogP contribution in [0, 0.1) is 4.64 Å². The summed E-state index contributed by atoms with van der Waals surface area (Å²) in [6, 6.07) is 21.8. The van der Waals surface area contributed by atoms with Crippen molar-refractivity contribution in [1.82, 2.24) is 9.71 Å². The van der Waals surface area contributed by atoms with Gasteiger partial charge in [-0.15, -0.1) is 0 Å². The van der Waals surface area contributed by atoms with E-state index in [-0.39, 0.29) is 5.97 Å². The predicted octanol–water partition coefficient (Wildman–Crippen LogP) is 5.29. The summed E-state index contributed by atoms with van der Waals surface area (Å²) in [5.74, 6) is -0.272. The molecule has 0 amide bonds. The van der Waals surface area contributed by atoms with Gasteiger partial charge in [-0.1, -0.05) is 54.7 Å². The number of hydrogen-bond acceptors (Lipinski definition) is 4. The summed E-state index contributed by atoms with van der Waals surface area (Å²) in [7, 11) is 0. The lowest BCUT2D eigenvalue weighted by Gasteiger charge is -2.11. The molecule has 0 aliphatic heterocycles. The van der Waals surface area contributed by atoms with Crippen LogP contribution in [0.4, 0.5) is 0 Å². The summed E-state index contributed by atoms with van der Waals surface area (Å²) in [6.45, 7) is 0. The molecule has 0 fully saturated rings. The molecule has 0 spiro atoms. The molecule has 4 rings (SSSR count). The third-order valence-corrected chi connectivity index (χ3v) is 5.06. The van der Waals surface area contributed by atoms with E-state index in [1.165, 1.54) is 21.1 Å². The first-order valence-corrected chi connectivity index (χ1v) is 9.78. The first-order chi connectivity index (χ1) is 13.7. The molecule has 0 bridgehead atoms. The topological polar surface area (TPSA) is 44.1 Å². The van der Waals surface area contributed by atoms with Crippen LogP contribution in [0.15, 0.2) is 72.9 Å². The molecular weight excluding hydrogens is 368 g/mol. The molecule has 0 radical (unpaired) electrons. The van der Waals surface area contributed by atoms with E-state index in [0.717, 1.165) is 30.3 Å². The van der Waals surface area contributed by atoms with E-state index < -0.39 is 0 Å². The SMILES string of the molecule is O=C(CCCCc1c2ccccc2nc2ccccc12)On1ccccc1=S. The molecular formula is C23H20N2O2S. The van der Waals surface area contributed by atoms with Gasteiger partial charge in [-0.25, -0.2) is 9.78 Å². The molecule has 0 aliphatic rings. The second-order valence-electron chi connectivity index (χ2n) is 6.66. The number of benzene rings is 2. The Labute approximate surface area is 168 Å². The van der Waals surface area contributed by atoms with Crippen LogP contribution in [0.5, 0.6) is 0 Å². The Morgan fingerprint density at radius 1 is 0.893 bits per heavy atom. The minimum absolute atomic E-state index is 0.272. The highest BCUT2D eigenvalue weighted by Crippen LogP contribution is 2.27. The standard InChI is InChI=1S/C23H20N2O2S/c26-23(27-25-16-8-7-14-22(25)28)15-6-3-9-17-18-10-1-4-12-20(18)24-21-13-5-2-11-19(17)21/h1-2,4-5,7-8,10-14,16H,3,6,9,15H2. The Hall–Kier alpha value is -3.05. The number of aromatic nitrogens is 2. The van der Waals surface area contributed by atoms with Gasteiger partial charge in [-0.2, -0.15) is 4.73 Å². The van der Waals surface area contributed by atoms with Crippen molar-refractivity contribution < 1.29 is 9.63 Å². The van der Waals surface area contributed by atoms with Crippen LogP contribution >= 0.6 is 12.2 Å². The number of pyridine rings is 2. The van der Waals surface area contributed by atoms with E-state index in [4.69, 9.17) is 22.0 Å². The monoisotopic (exact) mass is 388 g/mol. The first-order valence-electron chi connectivity index (χ1n) is 9.37. The Morgan fingerprint density at radius 3 is 2.21 bits per heavy atom. The highest BCUT2D eigenvalue weighted by atomic mass is 32.1. The van der Waals surface area contributed by atoms with Gasteiger partial charge in [0, 0.05) is 23.4 Å². The van der Waals surface area contributed by atoms with E-state index in [9.17, 15) is 4.79 Å². The first kappa shape index (κ1) is 18.3. The van der Waals surface area contributed by atoms with Crippen LogP contribution in [0.25, 0.3) is 21.8 Å². The van der Waals surface area contributed by atoms with Crippen molar-refractivity contribution in [2.24, 2.45) is 0 Å². The zero-order valence-electron chi connectivity index (χ0n) is 15.4. The average molecular weight is 388 g/mol. The fourth-order valence-corrected chi connectivity index (χ4v) is 3.59. The van der Waals surface area contributed by atoms with Gasteiger partial charge in [-0.3, -0.25) is 0 Å². The Morgan fingerprint density at radius 2 is 1.54 bits per heavy atom. The molecule has 0 saturated heterocycles. The fraction of sp³-hybridized carbons (Fsp3) is 0.174. The van der Waals surface area contributed by atoms with E-state index in [0.29, 0.717) is 11.1 Å². The molecule has 28 heavy (non-hydrogen) atoms. The minimum atomic E-state index is -0.272. The van der Waals surface area contributed by atoms with Crippen LogP contribution in [0.2, 0.25) is 0 Å². The van der Waals surface area contributed by atoms with Gasteiger partial charge in [0.25, 0.3) is 0 Å². The minimum Gasteiger partial charge on any atom is -0.336 e. The lowest BCUT2D eigenvalue weighted by molar-refractivity contribution is -0.144. The molecule has 2 heterocycles. The van der Waals surface area contributed by atoms with E-state index in [1.807, 2.05) is 42.5 Å². The third-order valence-electron chi connectivity index (χ3n) is 4.75. The van der Waals surface area contributed by atoms with Crippen LogP contribution in [-0.4, -0.2) is 15.7 Å². The molecule has 2 aromatic heterocycles. The van der Waals surface area contributed by atoms with E-state index >= 15 is 0 Å². The zero-order chi connectivity index (χ0) is 19.3. The quantitative estimate of drug-likeness (QED) is 0.256. The normalized spacial score (nSPS) is 11.0. The molecule has 4 aromatic rings. The smallest absolute Gasteiger partial charge is 0.332 e. The van der Waals surface area contributed by atoms with Crippen LogP contribution in [-0.2, 0) is 11.2 Å². The van der Waals surface area contributed by atoms with Gasteiger partial charge in [0.05, 0.1) is 11.0 Å². The zero-order valence-corrected chi connectivity index (χ0v) is 16.2. The number of carbonyl (C=O) groups is 1. The number of para-hydroxylation sites is 2. The molecule has 0 saturated carbocycles. The van der Waals surface area contributed by atoms with Gasteiger partial charge in [0.15, 0.2) is 0 Å². The van der Waals surface area contributed by atoms with Crippen molar-refractivity contribution in [3.8, 4) is 0 Å². The Bertz CT molecular complexity index is 1150. The molecule has 5 heteroatoms. The van der Waals surface area contributed by atoms with Crippen molar-refractivity contribution in [1.29, 1.82) is 0 Å². The Kier molecular flexibility index (Phi) is 5.44. The van der Waals surface area contributed by atoms with Crippen molar-refractivity contribution in [3.05, 3.63) is 83.1 Å². The number of rotatable bonds is 6.